The first-order valence-corrected chi connectivity index (χ1v) is 8.79. The third kappa shape index (κ3) is 4.60. The van der Waals surface area contributed by atoms with Crippen LogP contribution in [0, 0.1) is 11.7 Å². The molecule has 0 bridgehead atoms. The van der Waals surface area contributed by atoms with Gasteiger partial charge in [-0.05, 0) is 31.0 Å². The van der Waals surface area contributed by atoms with Crippen LogP contribution in [-0.2, 0) is 9.53 Å². The smallest absolute Gasteiger partial charge is 0.261 e. The Labute approximate surface area is 159 Å². The third-order valence-corrected chi connectivity index (χ3v) is 4.67. The summed E-state index contributed by atoms with van der Waals surface area (Å²) in [5.41, 5.74) is 5.83. The molecule has 2 aromatic rings. The van der Waals surface area contributed by atoms with E-state index >= 15 is 0 Å². The Hall–Kier alpha value is -2.65. The van der Waals surface area contributed by atoms with Crippen molar-refractivity contribution >= 4 is 11.6 Å². The number of halogens is 3. The Morgan fingerprint density at radius 2 is 2.07 bits per heavy atom. The van der Waals surface area contributed by atoms with E-state index in [1.165, 1.54) is 29.0 Å². The van der Waals surface area contributed by atoms with E-state index < -0.39 is 42.8 Å². The van der Waals surface area contributed by atoms with Crippen molar-refractivity contribution < 1.29 is 22.7 Å². The fraction of sp³-hybridized carbons (Fsp3) is 0.368. The quantitative estimate of drug-likeness (QED) is 0.786. The Morgan fingerprint density at radius 1 is 1.29 bits per heavy atom. The van der Waals surface area contributed by atoms with Crippen molar-refractivity contribution in [2.45, 2.75) is 31.4 Å². The Morgan fingerprint density at radius 3 is 2.75 bits per heavy atom. The van der Waals surface area contributed by atoms with E-state index in [1.807, 2.05) is 0 Å². The maximum Gasteiger partial charge on any atom is 0.261 e. The van der Waals surface area contributed by atoms with Crippen LogP contribution in [0.2, 0.25) is 0 Å². The van der Waals surface area contributed by atoms with Gasteiger partial charge < -0.3 is 15.8 Å². The highest BCUT2D eigenvalue weighted by Crippen LogP contribution is 2.29. The summed E-state index contributed by atoms with van der Waals surface area (Å²) < 4.78 is 45.3. The molecule has 3 rings (SSSR count). The van der Waals surface area contributed by atoms with E-state index in [4.69, 9.17) is 10.5 Å². The van der Waals surface area contributed by atoms with Crippen molar-refractivity contribution in [3.63, 3.8) is 0 Å². The number of pyridine rings is 1. The molecule has 1 aromatic carbocycles. The van der Waals surface area contributed by atoms with Gasteiger partial charge in [0.05, 0.1) is 17.5 Å². The molecule has 1 fully saturated rings. The molecule has 6 nitrogen and oxygen atoms in total. The van der Waals surface area contributed by atoms with E-state index in [0.29, 0.717) is 5.69 Å². The van der Waals surface area contributed by atoms with E-state index in [0.717, 1.165) is 6.07 Å². The molecule has 0 spiro atoms. The molecule has 1 aliphatic rings. The molecule has 0 radical (unpaired) electrons. The number of nitrogens with two attached hydrogens (primary N) is 1. The Balaban J connectivity index is 1.66. The highest BCUT2D eigenvalue weighted by Gasteiger charge is 2.37. The van der Waals surface area contributed by atoms with E-state index in [2.05, 4.69) is 5.32 Å². The highest BCUT2D eigenvalue weighted by atomic mass is 19.3. The number of hydrogen-bond acceptors (Lipinski definition) is 4. The van der Waals surface area contributed by atoms with Gasteiger partial charge in [-0.2, -0.15) is 0 Å². The number of anilines is 1. The van der Waals surface area contributed by atoms with E-state index in [1.54, 1.807) is 12.1 Å². The van der Waals surface area contributed by atoms with Gasteiger partial charge in [0.1, 0.15) is 12.4 Å². The average molecular weight is 395 g/mol. The molecule has 150 valence electrons. The summed E-state index contributed by atoms with van der Waals surface area (Å²) in [5.74, 6) is -1.72. The Kier molecular flexibility index (Phi) is 6.15. The largest absolute Gasteiger partial charge is 0.371 e. The number of ether oxygens (including phenoxy) is 1. The third-order valence-electron chi connectivity index (χ3n) is 4.67. The lowest BCUT2D eigenvalue weighted by molar-refractivity contribution is -0.120. The molecule has 0 aliphatic heterocycles. The van der Waals surface area contributed by atoms with Gasteiger partial charge in [0, 0.05) is 30.3 Å². The second kappa shape index (κ2) is 8.57. The van der Waals surface area contributed by atoms with Crippen molar-refractivity contribution in [2.24, 2.45) is 11.7 Å². The zero-order valence-corrected chi connectivity index (χ0v) is 14.9. The topological polar surface area (TPSA) is 86.4 Å². The minimum absolute atomic E-state index is 0.0387. The number of carbonyl (C=O) groups excluding carboxylic acids is 1. The van der Waals surface area contributed by atoms with Gasteiger partial charge in [-0.1, -0.05) is 6.07 Å². The fourth-order valence-corrected chi connectivity index (χ4v) is 3.26. The molecule has 3 N–H and O–H groups in total. The number of rotatable bonds is 6. The molecule has 9 heteroatoms. The lowest BCUT2D eigenvalue weighted by atomic mass is 10.1. The van der Waals surface area contributed by atoms with Crippen LogP contribution in [0.15, 0.2) is 47.4 Å². The summed E-state index contributed by atoms with van der Waals surface area (Å²) in [7, 11) is 0. The van der Waals surface area contributed by atoms with Crippen LogP contribution in [0.5, 0.6) is 0 Å². The number of aromatic nitrogens is 1. The van der Waals surface area contributed by atoms with Crippen molar-refractivity contribution in [1.29, 1.82) is 0 Å². The normalized spacial score (nSPS) is 21.8. The predicted molar refractivity (Wildman–Crippen MR) is 97.1 cm³/mol. The Bertz CT molecular complexity index is 903. The minimum atomic E-state index is -2.61. The zero-order chi connectivity index (χ0) is 20.3. The van der Waals surface area contributed by atoms with Crippen LogP contribution < -0.4 is 16.6 Å². The van der Waals surface area contributed by atoms with Crippen LogP contribution in [0.4, 0.5) is 18.9 Å². The maximum atomic E-state index is 14.4. The summed E-state index contributed by atoms with van der Waals surface area (Å²) in [6.07, 6.45) is -1.28. The number of amides is 1. The molecule has 1 aliphatic carbocycles. The van der Waals surface area contributed by atoms with Gasteiger partial charge in [0.2, 0.25) is 5.91 Å². The molecule has 1 amide bonds. The summed E-state index contributed by atoms with van der Waals surface area (Å²) in [5, 5.41) is 2.49. The number of alkyl halides is 2. The lowest BCUT2D eigenvalue weighted by Crippen LogP contribution is -2.32. The van der Waals surface area contributed by atoms with Crippen molar-refractivity contribution in [1.82, 2.24) is 4.57 Å². The molecule has 0 saturated heterocycles. The summed E-state index contributed by atoms with van der Waals surface area (Å²) in [6.45, 7) is -0.734. The molecular weight excluding hydrogens is 375 g/mol. The molecule has 1 saturated carbocycles. The van der Waals surface area contributed by atoms with Gasteiger partial charge in [-0.25, -0.2) is 13.2 Å². The SMILES string of the molecule is N[C@H]1C[C@H](C(=O)Nc2ccc(-n3ccccc3=O)cc2F)C[C@@H]1OCC(F)F. The average Bonchev–Trinajstić information content (AvgIpc) is 3.03. The molecule has 1 heterocycles. The van der Waals surface area contributed by atoms with Gasteiger partial charge in [0.15, 0.2) is 0 Å². The van der Waals surface area contributed by atoms with Crippen LogP contribution in [-0.4, -0.2) is 35.7 Å². The monoisotopic (exact) mass is 395 g/mol. The summed E-state index contributed by atoms with van der Waals surface area (Å²) in [6, 6.07) is 8.05. The fourth-order valence-electron chi connectivity index (χ4n) is 3.26. The first kappa shape index (κ1) is 20.1. The number of benzene rings is 1. The summed E-state index contributed by atoms with van der Waals surface area (Å²) >= 11 is 0. The minimum Gasteiger partial charge on any atom is -0.371 e. The second-order valence-corrected chi connectivity index (χ2v) is 6.66. The van der Waals surface area contributed by atoms with Crippen LogP contribution >= 0.6 is 0 Å². The predicted octanol–water partition coefficient (Wildman–Crippen LogP) is 2.30. The molecule has 0 unspecified atom stereocenters. The molecule has 1 aromatic heterocycles. The van der Waals surface area contributed by atoms with Gasteiger partial charge in [0.25, 0.3) is 12.0 Å². The number of hydrogen-bond donors (Lipinski definition) is 2. The molecule has 28 heavy (non-hydrogen) atoms. The number of nitrogens with one attached hydrogen (secondary N) is 1. The second-order valence-electron chi connectivity index (χ2n) is 6.66. The standard InChI is InChI=1S/C19H20F3N3O3/c20-13-9-12(25-6-2-1-3-18(25)26)4-5-15(13)24-19(27)11-7-14(23)16(8-11)28-10-17(21)22/h1-6,9,11,14,16-17H,7-8,10,23H2,(H,24,27)/t11-,14-,16-/m0/s1. The van der Waals surface area contributed by atoms with E-state index in [-0.39, 0.29) is 24.1 Å². The maximum absolute atomic E-state index is 14.4. The van der Waals surface area contributed by atoms with Crippen molar-refractivity contribution in [3.8, 4) is 5.69 Å². The van der Waals surface area contributed by atoms with Gasteiger partial charge >= 0.3 is 0 Å². The van der Waals surface area contributed by atoms with Gasteiger partial charge in [-0.15, -0.1) is 0 Å². The highest BCUT2D eigenvalue weighted by molar-refractivity contribution is 5.93. The van der Waals surface area contributed by atoms with Crippen molar-refractivity contribution in [2.75, 3.05) is 11.9 Å². The van der Waals surface area contributed by atoms with Crippen molar-refractivity contribution in [3.05, 3.63) is 58.8 Å². The number of nitrogens with zero attached hydrogens (tertiary/aromatic N) is 1. The number of carbonyl (C=O) groups is 1. The van der Waals surface area contributed by atoms with Gasteiger partial charge in [-0.3, -0.25) is 14.2 Å². The first-order valence-electron chi connectivity index (χ1n) is 8.79. The summed E-state index contributed by atoms with van der Waals surface area (Å²) in [4.78, 5) is 24.2. The van der Waals surface area contributed by atoms with Crippen LogP contribution in [0.25, 0.3) is 5.69 Å². The first-order chi connectivity index (χ1) is 13.3. The molecular formula is C19H20F3N3O3. The molecule has 3 atom stereocenters. The van der Waals surface area contributed by atoms with E-state index in [9.17, 15) is 22.8 Å². The van der Waals surface area contributed by atoms with Crippen LogP contribution in [0.3, 0.4) is 0 Å². The zero-order valence-electron chi connectivity index (χ0n) is 14.9. The lowest BCUT2D eigenvalue weighted by Gasteiger charge is -2.15. The van der Waals surface area contributed by atoms with Crippen LogP contribution in [0.1, 0.15) is 12.8 Å².